The minimum Gasteiger partial charge on any atom is -0.494 e. The maximum atomic E-state index is 6.15. The van der Waals surface area contributed by atoms with Gasteiger partial charge in [0.2, 0.25) is 0 Å². The van der Waals surface area contributed by atoms with Crippen molar-refractivity contribution >= 4 is 0 Å². The second kappa shape index (κ2) is 17.3. The molecule has 2 aliphatic rings. The third kappa shape index (κ3) is 11.2. The fraction of sp³-hybridized carbons (Fsp3) is 0.818. The van der Waals surface area contributed by atoms with Gasteiger partial charge in [0.25, 0.3) is 0 Å². The van der Waals surface area contributed by atoms with E-state index >= 15 is 0 Å². The number of benzene rings is 1. The number of ether oxygens (including phenoxy) is 2. The average molecular weight is 485 g/mol. The van der Waals surface area contributed by atoms with Crippen LogP contribution in [0.5, 0.6) is 11.5 Å². The third-order valence-electron chi connectivity index (χ3n) is 8.97. The maximum Gasteiger partial charge on any atom is 0.119 e. The van der Waals surface area contributed by atoms with E-state index in [1.54, 1.807) is 0 Å². The Hall–Kier alpha value is -1.18. The monoisotopic (exact) mass is 484 g/mol. The van der Waals surface area contributed by atoms with Crippen LogP contribution in [-0.2, 0) is 0 Å². The molecule has 0 aromatic heterocycles. The van der Waals surface area contributed by atoms with Crippen molar-refractivity contribution in [2.45, 2.75) is 136 Å². The Morgan fingerprint density at radius 2 is 1.14 bits per heavy atom. The summed E-state index contributed by atoms with van der Waals surface area (Å²) in [4.78, 5) is 0. The molecule has 2 aliphatic carbocycles. The molecule has 0 amide bonds. The van der Waals surface area contributed by atoms with Gasteiger partial charge in [0.1, 0.15) is 11.5 Å². The van der Waals surface area contributed by atoms with Crippen LogP contribution >= 0.6 is 0 Å². The minimum absolute atomic E-state index is 0.739. The van der Waals surface area contributed by atoms with Crippen LogP contribution in [0.15, 0.2) is 24.3 Å². The highest BCUT2D eigenvalue weighted by atomic mass is 16.5. The predicted octanol–water partition coefficient (Wildman–Crippen LogP) is 10.4. The Bertz CT molecular complexity index is 631. The Morgan fingerprint density at radius 1 is 0.571 bits per heavy atom. The van der Waals surface area contributed by atoms with E-state index in [0.29, 0.717) is 0 Å². The minimum atomic E-state index is 0.739. The molecule has 2 unspecified atom stereocenters. The number of rotatable bonds is 17. The van der Waals surface area contributed by atoms with Crippen molar-refractivity contribution in [2.24, 2.45) is 23.7 Å². The molecule has 2 atom stereocenters. The lowest BCUT2D eigenvalue weighted by molar-refractivity contribution is 0.177. The smallest absolute Gasteiger partial charge is 0.119 e. The fourth-order valence-electron chi connectivity index (χ4n) is 6.62. The lowest BCUT2D eigenvalue weighted by atomic mass is 9.75. The number of unbranched alkanes of at least 4 members (excludes halogenated alkanes) is 5. The zero-order valence-corrected chi connectivity index (χ0v) is 23.3. The predicted molar refractivity (Wildman–Crippen MR) is 150 cm³/mol. The van der Waals surface area contributed by atoms with Crippen LogP contribution in [-0.4, -0.2) is 13.2 Å². The van der Waals surface area contributed by atoms with Crippen molar-refractivity contribution in [1.82, 2.24) is 0 Å². The molecule has 2 nitrogen and oxygen atoms in total. The molecule has 3 rings (SSSR count). The van der Waals surface area contributed by atoms with E-state index in [0.717, 1.165) is 48.4 Å². The Morgan fingerprint density at radius 3 is 1.80 bits per heavy atom. The third-order valence-corrected chi connectivity index (χ3v) is 8.97. The molecule has 0 aliphatic heterocycles. The van der Waals surface area contributed by atoms with E-state index in [4.69, 9.17) is 9.47 Å². The second-order valence-corrected chi connectivity index (χ2v) is 11.8. The molecule has 0 spiro atoms. The summed E-state index contributed by atoms with van der Waals surface area (Å²) in [6.45, 7) is 6.35. The van der Waals surface area contributed by atoms with E-state index in [1.165, 1.54) is 122 Å². The first kappa shape index (κ1) is 28.4. The van der Waals surface area contributed by atoms with Gasteiger partial charge in [-0.1, -0.05) is 110 Å². The fourth-order valence-corrected chi connectivity index (χ4v) is 6.62. The summed E-state index contributed by atoms with van der Waals surface area (Å²) in [6.07, 6.45) is 26.6. The van der Waals surface area contributed by atoms with Gasteiger partial charge in [-0.05, 0) is 73.6 Å². The Kier molecular flexibility index (Phi) is 14.0. The quantitative estimate of drug-likeness (QED) is 0.205. The highest BCUT2D eigenvalue weighted by Crippen LogP contribution is 2.36. The van der Waals surface area contributed by atoms with Gasteiger partial charge in [-0.2, -0.15) is 0 Å². The van der Waals surface area contributed by atoms with Crippen molar-refractivity contribution in [3.63, 3.8) is 0 Å². The molecular formula is C33H56O2. The van der Waals surface area contributed by atoms with Crippen molar-refractivity contribution in [2.75, 3.05) is 13.2 Å². The van der Waals surface area contributed by atoms with Gasteiger partial charge < -0.3 is 9.47 Å². The van der Waals surface area contributed by atoms with E-state index in [2.05, 4.69) is 38.1 Å². The second-order valence-electron chi connectivity index (χ2n) is 11.8. The first-order valence-electron chi connectivity index (χ1n) is 15.6. The van der Waals surface area contributed by atoms with Crippen LogP contribution in [0.25, 0.3) is 0 Å². The van der Waals surface area contributed by atoms with Crippen molar-refractivity contribution < 1.29 is 9.47 Å². The molecular weight excluding hydrogens is 428 g/mol. The summed E-state index contributed by atoms with van der Waals surface area (Å²) in [5.74, 6) is 5.62. The first-order chi connectivity index (χ1) is 17.3. The molecule has 2 fully saturated rings. The van der Waals surface area contributed by atoms with Gasteiger partial charge >= 0.3 is 0 Å². The van der Waals surface area contributed by atoms with Gasteiger partial charge in [0.05, 0.1) is 13.2 Å². The standard InChI is InChI=1S/C33H56O2/c1-3-5-7-8-9-13-28-18-20-29(21-19-28)27-35-33-24-22-32(23-25-33)34-26-12-17-31-16-11-10-15-30(31)14-6-4-2/h22-25,28-31H,3-21,26-27H2,1-2H3. The van der Waals surface area contributed by atoms with E-state index in [-0.39, 0.29) is 0 Å². The summed E-state index contributed by atoms with van der Waals surface area (Å²) < 4.78 is 12.2. The molecule has 1 aromatic carbocycles. The maximum absolute atomic E-state index is 6.15. The number of hydrogen-bond acceptors (Lipinski definition) is 2. The van der Waals surface area contributed by atoms with Crippen molar-refractivity contribution in [3.05, 3.63) is 24.3 Å². The topological polar surface area (TPSA) is 18.5 Å². The van der Waals surface area contributed by atoms with Crippen LogP contribution in [0.1, 0.15) is 136 Å². The molecule has 2 saturated carbocycles. The molecule has 2 heteroatoms. The lowest BCUT2D eigenvalue weighted by Gasteiger charge is -2.31. The summed E-state index contributed by atoms with van der Waals surface area (Å²) in [7, 11) is 0. The van der Waals surface area contributed by atoms with E-state index in [9.17, 15) is 0 Å². The highest BCUT2D eigenvalue weighted by Gasteiger charge is 2.24. The van der Waals surface area contributed by atoms with Crippen LogP contribution in [0.2, 0.25) is 0 Å². The average Bonchev–Trinajstić information content (AvgIpc) is 2.90. The summed E-state index contributed by atoms with van der Waals surface area (Å²) in [6, 6.07) is 8.38. The summed E-state index contributed by atoms with van der Waals surface area (Å²) in [5.41, 5.74) is 0. The van der Waals surface area contributed by atoms with Crippen LogP contribution in [0.3, 0.4) is 0 Å². The normalized spacial score (nSPS) is 24.9. The van der Waals surface area contributed by atoms with E-state index < -0.39 is 0 Å². The van der Waals surface area contributed by atoms with Gasteiger partial charge in [0, 0.05) is 0 Å². The number of hydrogen-bond donors (Lipinski definition) is 0. The molecule has 0 heterocycles. The zero-order valence-electron chi connectivity index (χ0n) is 23.3. The molecule has 0 bridgehead atoms. The molecule has 0 radical (unpaired) electrons. The largest absolute Gasteiger partial charge is 0.494 e. The van der Waals surface area contributed by atoms with Gasteiger partial charge in [-0.3, -0.25) is 0 Å². The van der Waals surface area contributed by atoms with Crippen LogP contribution in [0, 0.1) is 23.7 Å². The molecule has 0 saturated heterocycles. The molecule has 1 aromatic rings. The Labute approximate surface area is 218 Å². The summed E-state index contributed by atoms with van der Waals surface area (Å²) in [5, 5.41) is 0. The van der Waals surface area contributed by atoms with Crippen molar-refractivity contribution in [1.29, 1.82) is 0 Å². The SMILES string of the molecule is CCCCCCCC1CCC(COc2ccc(OCCCC3CCCCC3CCCC)cc2)CC1. The van der Waals surface area contributed by atoms with Gasteiger partial charge in [-0.15, -0.1) is 0 Å². The van der Waals surface area contributed by atoms with Gasteiger partial charge in [0.15, 0.2) is 0 Å². The van der Waals surface area contributed by atoms with Gasteiger partial charge in [-0.25, -0.2) is 0 Å². The summed E-state index contributed by atoms with van der Waals surface area (Å²) >= 11 is 0. The highest BCUT2D eigenvalue weighted by molar-refractivity contribution is 5.31. The Balaban J connectivity index is 1.25. The molecule has 200 valence electrons. The molecule has 0 N–H and O–H groups in total. The van der Waals surface area contributed by atoms with Crippen molar-refractivity contribution in [3.8, 4) is 11.5 Å². The van der Waals surface area contributed by atoms with Crippen LogP contribution < -0.4 is 9.47 Å². The lowest BCUT2D eigenvalue weighted by Crippen LogP contribution is -2.20. The van der Waals surface area contributed by atoms with E-state index in [1.807, 2.05) is 0 Å². The molecule has 35 heavy (non-hydrogen) atoms. The van der Waals surface area contributed by atoms with Crippen LogP contribution in [0.4, 0.5) is 0 Å². The zero-order chi connectivity index (χ0) is 24.6. The first-order valence-corrected chi connectivity index (χ1v) is 15.6.